The third-order valence-electron chi connectivity index (χ3n) is 1.46. The van der Waals surface area contributed by atoms with Gasteiger partial charge in [-0.3, -0.25) is 0 Å². The fraction of sp³-hybridized carbons (Fsp3) is 0.200. The maximum absolute atomic E-state index is 10.8. The summed E-state index contributed by atoms with van der Waals surface area (Å²) in [5.74, 6) is 5.19. The molecule has 0 atom stereocenters. The molecule has 0 aromatic carbocycles. The van der Waals surface area contributed by atoms with E-state index < -0.39 is 5.97 Å². The first-order chi connectivity index (χ1) is 6.75. The minimum atomic E-state index is -0.954. The Bertz CT molecular complexity index is 393. The second-order valence-corrected chi connectivity index (χ2v) is 3.34. The van der Waals surface area contributed by atoms with E-state index in [1.54, 1.807) is 19.2 Å². The number of thioether (sulfide) groups is 1. The zero-order chi connectivity index (χ0) is 10.4. The molecule has 1 aromatic rings. The van der Waals surface area contributed by atoms with E-state index in [2.05, 4.69) is 16.8 Å². The summed E-state index contributed by atoms with van der Waals surface area (Å²) in [6.45, 7) is 1.75. The molecule has 0 aliphatic heterocycles. The molecule has 0 fully saturated rings. The van der Waals surface area contributed by atoms with E-state index in [4.69, 9.17) is 5.11 Å². The van der Waals surface area contributed by atoms with Crippen LogP contribution in [0.3, 0.4) is 0 Å². The molecule has 14 heavy (non-hydrogen) atoms. The van der Waals surface area contributed by atoms with Crippen LogP contribution in [-0.4, -0.2) is 21.8 Å². The van der Waals surface area contributed by atoms with Crippen LogP contribution in [0.15, 0.2) is 23.4 Å². The van der Waals surface area contributed by atoms with Gasteiger partial charge in [-0.2, -0.15) is 0 Å². The Morgan fingerprint density at radius 1 is 1.71 bits per heavy atom. The molecule has 72 valence electrons. The lowest BCUT2D eigenvalue weighted by molar-refractivity contribution is 0.0692. The molecular formula is C10H9NO2S. The van der Waals surface area contributed by atoms with Gasteiger partial charge in [-0.05, 0) is 19.1 Å². The molecule has 0 amide bonds. The number of aromatic carboxylic acids is 1. The fourth-order valence-electron chi connectivity index (χ4n) is 0.845. The van der Waals surface area contributed by atoms with Crippen LogP contribution >= 0.6 is 11.8 Å². The van der Waals surface area contributed by atoms with Crippen LogP contribution in [0.5, 0.6) is 0 Å². The van der Waals surface area contributed by atoms with Gasteiger partial charge in [-0.15, -0.1) is 5.92 Å². The Balaban J connectivity index is 2.83. The van der Waals surface area contributed by atoms with Crippen LogP contribution in [0.4, 0.5) is 0 Å². The predicted molar refractivity (Wildman–Crippen MR) is 55.4 cm³/mol. The monoisotopic (exact) mass is 207 g/mol. The zero-order valence-electron chi connectivity index (χ0n) is 7.65. The minimum absolute atomic E-state index is 0.232. The molecule has 0 unspecified atom stereocenters. The highest BCUT2D eigenvalue weighted by Gasteiger charge is 2.09. The maximum Gasteiger partial charge on any atom is 0.338 e. The first-order valence-electron chi connectivity index (χ1n) is 3.96. The molecule has 1 rings (SSSR count). The summed E-state index contributed by atoms with van der Waals surface area (Å²) in [6, 6.07) is 3.15. The summed E-state index contributed by atoms with van der Waals surface area (Å²) < 4.78 is 0. The van der Waals surface area contributed by atoms with Crippen molar-refractivity contribution in [3.63, 3.8) is 0 Å². The van der Waals surface area contributed by atoms with E-state index in [-0.39, 0.29) is 5.56 Å². The van der Waals surface area contributed by atoms with Crippen molar-refractivity contribution >= 4 is 17.7 Å². The Morgan fingerprint density at radius 3 is 3.14 bits per heavy atom. The molecule has 1 heterocycles. The Morgan fingerprint density at radius 2 is 2.50 bits per heavy atom. The number of carbonyl (C=O) groups is 1. The predicted octanol–water partition coefficient (Wildman–Crippen LogP) is 1.90. The molecule has 0 bridgehead atoms. The molecule has 0 aliphatic carbocycles. The summed E-state index contributed by atoms with van der Waals surface area (Å²) in [5, 5.41) is 9.35. The molecule has 1 aromatic heterocycles. The number of aromatic nitrogens is 1. The van der Waals surface area contributed by atoms with E-state index >= 15 is 0 Å². The molecular weight excluding hydrogens is 198 g/mol. The van der Waals surface area contributed by atoms with Gasteiger partial charge in [0.2, 0.25) is 0 Å². The minimum Gasteiger partial charge on any atom is -0.478 e. The van der Waals surface area contributed by atoms with Gasteiger partial charge in [0.25, 0.3) is 0 Å². The number of hydrogen-bond donors (Lipinski definition) is 1. The van der Waals surface area contributed by atoms with Crippen molar-refractivity contribution in [2.24, 2.45) is 0 Å². The average Bonchev–Trinajstić information content (AvgIpc) is 2.19. The summed E-state index contributed by atoms with van der Waals surface area (Å²) >= 11 is 1.33. The van der Waals surface area contributed by atoms with Gasteiger partial charge in [-0.25, -0.2) is 9.78 Å². The number of rotatable bonds is 3. The number of pyridine rings is 1. The van der Waals surface area contributed by atoms with Crippen molar-refractivity contribution in [2.45, 2.75) is 11.9 Å². The van der Waals surface area contributed by atoms with E-state index in [9.17, 15) is 4.79 Å². The highest BCUT2D eigenvalue weighted by atomic mass is 32.2. The van der Waals surface area contributed by atoms with Gasteiger partial charge in [0.05, 0.1) is 11.3 Å². The Kier molecular flexibility index (Phi) is 4.02. The lowest BCUT2D eigenvalue weighted by Crippen LogP contribution is -2.00. The smallest absolute Gasteiger partial charge is 0.338 e. The molecule has 0 aliphatic rings. The first-order valence-corrected chi connectivity index (χ1v) is 4.95. The Labute approximate surface area is 86.6 Å². The van der Waals surface area contributed by atoms with Crippen LogP contribution < -0.4 is 0 Å². The maximum atomic E-state index is 10.8. The van der Waals surface area contributed by atoms with E-state index in [1.165, 1.54) is 17.8 Å². The van der Waals surface area contributed by atoms with Gasteiger partial charge in [0, 0.05) is 6.20 Å². The summed E-state index contributed by atoms with van der Waals surface area (Å²) in [7, 11) is 0. The van der Waals surface area contributed by atoms with E-state index in [0.717, 1.165) is 0 Å². The van der Waals surface area contributed by atoms with Gasteiger partial charge < -0.3 is 5.11 Å². The highest BCUT2D eigenvalue weighted by Crippen LogP contribution is 2.18. The van der Waals surface area contributed by atoms with Gasteiger partial charge >= 0.3 is 5.97 Å². The van der Waals surface area contributed by atoms with Gasteiger partial charge in [0.15, 0.2) is 0 Å². The molecule has 1 N–H and O–H groups in total. The van der Waals surface area contributed by atoms with Crippen molar-refractivity contribution in [1.29, 1.82) is 0 Å². The van der Waals surface area contributed by atoms with Crippen molar-refractivity contribution in [1.82, 2.24) is 4.98 Å². The zero-order valence-corrected chi connectivity index (χ0v) is 8.47. The third-order valence-corrected chi connectivity index (χ3v) is 2.35. The highest BCUT2D eigenvalue weighted by molar-refractivity contribution is 7.99. The number of nitrogens with zero attached hydrogens (tertiary/aromatic N) is 1. The summed E-state index contributed by atoms with van der Waals surface area (Å²) in [6.07, 6.45) is 1.58. The normalized spacial score (nSPS) is 8.93. The number of carboxylic acid groups (broad SMARTS) is 1. The van der Waals surface area contributed by atoms with Crippen molar-refractivity contribution < 1.29 is 9.90 Å². The topological polar surface area (TPSA) is 50.2 Å². The fourth-order valence-corrected chi connectivity index (χ4v) is 1.64. The molecule has 4 heteroatoms. The van der Waals surface area contributed by atoms with Crippen LogP contribution in [0.25, 0.3) is 0 Å². The summed E-state index contributed by atoms with van der Waals surface area (Å²) in [5.41, 5.74) is 0.232. The van der Waals surface area contributed by atoms with E-state index in [1.807, 2.05) is 0 Å². The largest absolute Gasteiger partial charge is 0.478 e. The SMILES string of the molecule is CC#CCSc1ncccc1C(=O)O. The van der Waals surface area contributed by atoms with Crippen molar-refractivity contribution in [3.8, 4) is 11.8 Å². The second-order valence-electron chi connectivity index (χ2n) is 2.38. The first kappa shape index (κ1) is 10.6. The standard InChI is InChI=1S/C10H9NO2S/c1-2-3-7-14-9-8(10(12)13)5-4-6-11-9/h4-6H,7H2,1H3,(H,12,13). The molecule has 0 saturated carbocycles. The van der Waals surface area contributed by atoms with Gasteiger partial charge in [-0.1, -0.05) is 17.7 Å². The molecule has 0 saturated heterocycles. The lowest BCUT2D eigenvalue weighted by atomic mass is 10.3. The molecule has 3 nitrogen and oxygen atoms in total. The van der Waals surface area contributed by atoms with Crippen LogP contribution in [0, 0.1) is 11.8 Å². The van der Waals surface area contributed by atoms with E-state index in [0.29, 0.717) is 10.8 Å². The van der Waals surface area contributed by atoms with Gasteiger partial charge in [0.1, 0.15) is 5.03 Å². The quantitative estimate of drug-likeness (QED) is 0.607. The number of carboxylic acids is 1. The lowest BCUT2D eigenvalue weighted by Gasteiger charge is -2.00. The molecule has 0 spiro atoms. The summed E-state index contributed by atoms with van der Waals surface area (Å²) in [4.78, 5) is 14.8. The average molecular weight is 207 g/mol. The third kappa shape index (κ3) is 2.79. The Hall–Kier alpha value is -1.47. The van der Waals surface area contributed by atoms with Crippen LogP contribution in [0.1, 0.15) is 17.3 Å². The van der Waals surface area contributed by atoms with Crippen molar-refractivity contribution in [2.75, 3.05) is 5.75 Å². The van der Waals surface area contributed by atoms with Crippen LogP contribution in [-0.2, 0) is 0 Å². The van der Waals surface area contributed by atoms with Crippen molar-refractivity contribution in [3.05, 3.63) is 23.9 Å². The number of hydrogen-bond acceptors (Lipinski definition) is 3. The van der Waals surface area contributed by atoms with Crippen LogP contribution in [0.2, 0.25) is 0 Å². The molecule has 0 radical (unpaired) electrons. The second kappa shape index (κ2) is 5.30.